The second kappa shape index (κ2) is 9.04. The lowest BCUT2D eigenvalue weighted by Gasteiger charge is -2.53. The third kappa shape index (κ3) is 4.68. The highest BCUT2D eigenvalue weighted by Gasteiger charge is 2.65. The molecule has 10 heteroatoms. The first kappa shape index (κ1) is 28.1. The normalized spacial score (nSPS) is 23.4. The molecule has 0 N–H and O–H groups in total. The number of halogens is 3. The summed E-state index contributed by atoms with van der Waals surface area (Å²) in [6, 6.07) is 4.03. The summed E-state index contributed by atoms with van der Waals surface area (Å²) in [6.07, 6.45) is 1.64. The van der Waals surface area contributed by atoms with Crippen molar-refractivity contribution < 1.29 is 27.1 Å². The van der Waals surface area contributed by atoms with E-state index in [9.17, 15) is 13.2 Å². The Morgan fingerprint density at radius 1 is 1.00 bits per heavy atom. The number of alkyl halides is 3. The molecule has 2 aromatic heterocycles. The summed E-state index contributed by atoms with van der Waals surface area (Å²) in [4.78, 5) is 0. The molecule has 6 rings (SSSR count). The number of methoxy groups -OCH3 is 1. The van der Waals surface area contributed by atoms with Crippen LogP contribution in [0.1, 0.15) is 63.1 Å². The van der Waals surface area contributed by atoms with Gasteiger partial charge in [-0.3, -0.25) is 0 Å². The number of benzene rings is 1. The van der Waals surface area contributed by atoms with Crippen molar-refractivity contribution in [2.45, 2.75) is 95.8 Å². The summed E-state index contributed by atoms with van der Waals surface area (Å²) in [6.45, 7) is 14.9. The Hall–Kier alpha value is -2.43. The Kier molecular flexibility index (Phi) is 6.51. The standard InChI is InChI=1S/C29H38F3N3O3Si/c1-18-11-20(29(30,31)32)12-23(37-17-36-6)24(18)22-13-21-19(2)14-35(25(21)34-33-22)27-9-10-28(15-27,16-27)38-39(7,8)26(3,4)5/h11-14H,9-10,15-17H2,1-8H3. The molecule has 2 heterocycles. The number of hydrogen-bond acceptors (Lipinski definition) is 5. The first-order chi connectivity index (χ1) is 18.0. The van der Waals surface area contributed by atoms with E-state index in [0.717, 1.165) is 54.4 Å². The van der Waals surface area contributed by atoms with E-state index in [2.05, 4.69) is 54.8 Å². The van der Waals surface area contributed by atoms with Crippen LogP contribution < -0.4 is 4.74 Å². The first-order valence-corrected chi connectivity index (χ1v) is 16.3. The zero-order chi connectivity index (χ0) is 28.6. The van der Waals surface area contributed by atoms with Crippen molar-refractivity contribution in [2.75, 3.05) is 13.9 Å². The number of rotatable bonds is 7. The number of aromatic nitrogens is 3. The summed E-state index contributed by atoms with van der Waals surface area (Å²) in [5.74, 6) is 0.0656. The van der Waals surface area contributed by atoms with Gasteiger partial charge in [-0.1, -0.05) is 20.8 Å². The second-order valence-corrected chi connectivity index (χ2v) is 17.7. The minimum absolute atomic E-state index is 0.0396. The predicted molar refractivity (Wildman–Crippen MR) is 147 cm³/mol. The molecule has 3 fully saturated rings. The molecule has 0 saturated heterocycles. The van der Waals surface area contributed by atoms with Crippen molar-refractivity contribution in [1.82, 2.24) is 14.8 Å². The van der Waals surface area contributed by atoms with Gasteiger partial charge in [0.05, 0.1) is 22.4 Å². The van der Waals surface area contributed by atoms with Gasteiger partial charge < -0.3 is 18.5 Å². The molecular weight excluding hydrogens is 523 g/mol. The van der Waals surface area contributed by atoms with E-state index in [-0.39, 0.29) is 28.7 Å². The topological polar surface area (TPSA) is 58.4 Å². The van der Waals surface area contributed by atoms with E-state index in [1.165, 1.54) is 7.11 Å². The predicted octanol–water partition coefficient (Wildman–Crippen LogP) is 7.76. The highest BCUT2D eigenvalue weighted by molar-refractivity contribution is 6.74. The Morgan fingerprint density at radius 2 is 1.69 bits per heavy atom. The van der Waals surface area contributed by atoms with E-state index in [1.54, 1.807) is 6.92 Å². The Morgan fingerprint density at radius 3 is 2.31 bits per heavy atom. The van der Waals surface area contributed by atoms with Crippen LogP contribution in [0, 0.1) is 13.8 Å². The maximum atomic E-state index is 13.5. The molecule has 2 bridgehead atoms. The molecule has 0 spiro atoms. The van der Waals surface area contributed by atoms with Gasteiger partial charge in [0.1, 0.15) is 5.75 Å². The van der Waals surface area contributed by atoms with E-state index in [0.29, 0.717) is 16.8 Å². The van der Waals surface area contributed by atoms with Crippen molar-refractivity contribution in [2.24, 2.45) is 0 Å². The monoisotopic (exact) mass is 561 g/mol. The fourth-order valence-electron chi connectivity index (χ4n) is 6.21. The molecule has 212 valence electrons. The van der Waals surface area contributed by atoms with Gasteiger partial charge in [-0.2, -0.15) is 13.2 Å². The van der Waals surface area contributed by atoms with Gasteiger partial charge in [-0.15, -0.1) is 10.2 Å². The molecular formula is C29H38F3N3O3Si. The number of hydrogen-bond donors (Lipinski definition) is 0. The Labute approximate surface area is 229 Å². The molecule has 3 aliphatic carbocycles. The summed E-state index contributed by atoms with van der Waals surface area (Å²) in [5.41, 5.74) is 2.31. The lowest BCUT2D eigenvalue weighted by Crippen LogP contribution is -2.57. The summed E-state index contributed by atoms with van der Waals surface area (Å²) in [5, 5.41) is 10.2. The van der Waals surface area contributed by atoms with E-state index >= 15 is 0 Å². The summed E-state index contributed by atoms with van der Waals surface area (Å²) < 4.78 is 60.3. The minimum Gasteiger partial charge on any atom is -0.467 e. The fourth-order valence-corrected chi connectivity index (χ4v) is 7.85. The van der Waals surface area contributed by atoms with Crippen molar-refractivity contribution in [1.29, 1.82) is 0 Å². The highest BCUT2D eigenvalue weighted by atomic mass is 28.4. The molecule has 0 atom stereocenters. The second-order valence-electron chi connectivity index (χ2n) is 13.0. The van der Waals surface area contributed by atoms with Gasteiger partial charge in [-0.05, 0) is 87.0 Å². The average molecular weight is 562 g/mol. The zero-order valence-electron chi connectivity index (χ0n) is 24.0. The van der Waals surface area contributed by atoms with Gasteiger partial charge in [0.25, 0.3) is 0 Å². The molecule has 0 aliphatic heterocycles. The first-order valence-electron chi connectivity index (χ1n) is 13.4. The molecule has 0 unspecified atom stereocenters. The fraction of sp³-hybridized carbons (Fsp3) is 0.586. The molecule has 3 saturated carbocycles. The number of aryl methyl sites for hydroxylation is 2. The van der Waals surface area contributed by atoms with Gasteiger partial charge in [0.2, 0.25) is 0 Å². The van der Waals surface area contributed by atoms with Crippen molar-refractivity contribution in [3.05, 3.63) is 41.1 Å². The van der Waals surface area contributed by atoms with E-state index in [4.69, 9.17) is 13.9 Å². The van der Waals surface area contributed by atoms with E-state index < -0.39 is 20.1 Å². The minimum atomic E-state index is -4.50. The van der Waals surface area contributed by atoms with Crippen LogP contribution in [-0.4, -0.2) is 42.6 Å². The average Bonchev–Trinajstić information content (AvgIpc) is 3.45. The Bertz CT molecular complexity index is 1420. The maximum absolute atomic E-state index is 13.5. The molecule has 1 aromatic carbocycles. The quantitative estimate of drug-likeness (QED) is 0.218. The van der Waals surface area contributed by atoms with Gasteiger partial charge in [0.15, 0.2) is 20.8 Å². The summed E-state index contributed by atoms with van der Waals surface area (Å²) in [7, 11) is -0.473. The number of ether oxygens (including phenoxy) is 2. The van der Waals surface area contributed by atoms with Gasteiger partial charge in [-0.25, -0.2) is 0 Å². The van der Waals surface area contributed by atoms with Crippen LogP contribution in [0.25, 0.3) is 22.3 Å². The molecule has 0 radical (unpaired) electrons. The molecule has 3 aromatic rings. The van der Waals surface area contributed by atoms with Crippen LogP contribution in [0.4, 0.5) is 13.2 Å². The molecule has 0 amide bonds. The number of nitrogens with zero attached hydrogens (tertiary/aromatic N) is 3. The largest absolute Gasteiger partial charge is 0.467 e. The zero-order valence-corrected chi connectivity index (χ0v) is 25.0. The van der Waals surface area contributed by atoms with Gasteiger partial charge in [0, 0.05) is 24.3 Å². The lowest BCUT2D eigenvalue weighted by molar-refractivity contribution is -0.137. The van der Waals surface area contributed by atoms with E-state index in [1.807, 2.05) is 13.0 Å². The van der Waals surface area contributed by atoms with Crippen LogP contribution in [0.15, 0.2) is 24.4 Å². The highest BCUT2D eigenvalue weighted by Crippen LogP contribution is 2.64. The van der Waals surface area contributed by atoms with Crippen LogP contribution in [0.5, 0.6) is 5.75 Å². The van der Waals surface area contributed by atoms with Gasteiger partial charge >= 0.3 is 6.18 Å². The van der Waals surface area contributed by atoms with Crippen LogP contribution in [0.3, 0.4) is 0 Å². The van der Waals surface area contributed by atoms with Crippen LogP contribution in [0.2, 0.25) is 18.1 Å². The maximum Gasteiger partial charge on any atom is 0.416 e. The third-order valence-electron chi connectivity index (χ3n) is 9.10. The Balaban J connectivity index is 1.50. The SMILES string of the molecule is COCOc1cc(C(F)(F)F)cc(C)c1-c1cc2c(C)cn(C34CCC(O[Si](C)(C)C(C)(C)C)(C3)C4)c2nn1. The van der Waals surface area contributed by atoms with Crippen LogP contribution in [-0.2, 0) is 20.9 Å². The lowest BCUT2D eigenvalue weighted by atomic mass is 9.73. The van der Waals surface area contributed by atoms with Crippen molar-refractivity contribution in [3.8, 4) is 17.0 Å². The third-order valence-corrected chi connectivity index (χ3v) is 13.7. The molecule has 3 aliphatic rings. The number of fused-ring (bicyclic) bond motifs is 2. The molecule has 6 nitrogen and oxygen atoms in total. The molecule has 39 heavy (non-hydrogen) atoms. The van der Waals surface area contributed by atoms with Crippen molar-refractivity contribution in [3.63, 3.8) is 0 Å². The smallest absolute Gasteiger partial charge is 0.416 e. The summed E-state index contributed by atoms with van der Waals surface area (Å²) >= 11 is 0. The van der Waals surface area contributed by atoms with Crippen molar-refractivity contribution >= 4 is 19.4 Å². The van der Waals surface area contributed by atoms with Crippen LogP contribution >= 0.6 is 0 Å².